The lowest BCUT2D eigenvalue weighted by atomic mass is 9.95. The lowest BCUT2D eigenvalue weighted by Gasteiger charge is -2.22. The van der Waals surface area contributed by atoms with E-state index in [1.807, 2.05) is 0 Å². The summed E-state index contributed by atoms with van der Waals surface area (Å²) in [4.78, 5) is 3.25. The van der Waals surface area contributed by atoms with Gasteiger partial charge in [-0.2, -0.15) is 0 Å². The predicted molar refractivity (Wildman–Crippen MR) is 74.7 cm³/mol. The second-order valence-electron chi connectivity index (χ2n) is 5.58. The zero-order valence-corrected chi connectivity index (χ0v) is 11.5. The third-order valence-corrected chi connectivity index (χ3v) is 5.45. The molecule has 0 bridgehead atoms. The summed E-state index contributed by atoms with van der Waals surface area (Å²) in [5.74, 6) is 0. The van der Waals surface area contributed by atoms with Crippen LogP contribution in [-0.4, -0.2) is 6.04 Å². The van der Waals surface area contributed by atoms with E-state index >= 15 is 0 Å². The highest BCUT2D eigenvalue weighted by molar-refractivity contribution is 7.12. The minimum atomic E-state index is 0.794. The standard InChI is InChI=1S/C15H23NS/c1-2-7-13(8-3-1)16-11-14-10-12-6-4-5-9-15(12)17-14/h10,13,16H,1-9,11H2. The Balaban J connectivity index is 1.55. The van der Waals surface area contributed by atoms with Gasteiger partial charge in [-0.25, -0.2) is 0 Å². The number of hydrogen-bond acceptors (Lipinski definition) is 2. The molecule has 0 saturated heterocycles. The first kappa shape index (κ1) is 11.7. The van der Waals surface area contributed by atoms with Crippen LogP contribution in [0.5, 0.6) is 0 Å². The Kier molecular flexibility index (Phi) is 3.82. The molecule has 17 heavy (non-hydrogen) atoms. The molecular formula is C15H23NS. The van der Waals surface area contributed by atoms with Crippen LogP contribution in [0, 0.1) is 0 Å². The average molecular weight is 249 g/mol. The molecule has 0 atom stereocenters. The number of rotatable bonds is 3. The van der Waals surface area contributed by atoms with Gasteiger partial charge < -0.3 is 5.32 Å². The van der Waals surface area contributed by atoms with Crippen LogP contribution in [-0.2, 0) is 19.4 Å². The SMILES string of the molecule is c1c(CNC2CCCCC2)sc2c1CCCC2. The normalized spacial score (nSPS) is 21.4. The highest BCUT2D eigenvalue weighted by atomic mass is 32.1. The summed E-state index contributed by atoms with van der Waals surface area (Å²) in [7, 11) is 0. The fourth-order valence-corrected chi connectivity index (χ4v) is 4.40. The summed E-state index contributed by atoms with van der Waals surface area (Å²) < 4.78 is 0. The van der Waals surface area contributed by atoms with E-state index in [4.69, 9.17) is 0 Å². The van der Waals surface area contributed by atoms with Gasteiger partial charge in [0.25, 0.3) is 0 Å². The molecule has 0 amide bonds. The van der Waals surface area contributed by atoms with Crippen LogP contribution in [0.2, 0.25) is 0 Å². The molecule has 2 heteroatoms. The summed E-state index contributed by atoms with van der Waals surface area (Å²) in [5.41, 5.74) is 1.65. The van der Waals surface area contributed by atoms with E-state index < -0.39 is 0 Å². The van der Waals surface area contributed by atoms with Crippen LogP contribution in [0.3, 0.4) is 0 Å². The molecule has 94 valence electrons. The third kappa shape index (κ3) is 2.92. The zero-order chi connectivity index (χ0) is 11.5. The van der Waals surface area contributed by atoms with Crippen LogP contribution in [0.25, 0.3) is 0 Å². The highest BCUT2D eigenvalue weighted by Crippen LogP contribution is 2.29. The Hall–Kier alpha value is -0.340. The quantitative estimate of drug-likeness (QED) is 0.852. The van der Waals surface area contributed by atoms with Gasteiger partial charge in [0.1, 0.15) is 0 Å². The molecule has 2 aliphatic carbocycles. The molecule has 0 aliphatic heterocycles. The van der Waals surface area contributed by atoms with E-state index in [1.165, 1.54) is 57.8 Å². The van der Waals surface area contributed by atoms with Gasteiger partial charge in [0.2, 0.25) is 0 Å². The lowest BCUT2D eigenvalue weighted by Crippen LogP contribution is -2.30. The molecule has 1 aromatic rings. The second kappa shape index (κ2) is 5.53. The summed E-state index contributed by atoms with van der Waals surface area (Å²) in [6.45, 7) is 1.11. The number of hydrogen-bond donors (Lipinski definition) is 1. The molecule has 1 N–H and O–H groups in total. The molecule has 0 spiro atoms. The number of fused-ring (bicyclic) bond motifs is 1. The van der Waals surface area contributed by atoms with Crippen LogP contribution in [0.1, 0.15) is 60.3 Å². The van der Waals surface area contributed by atoms with E-state index in [0.29, 0.717) is 0 Å². The summed E-state index contributed by atoms with van der Waals surface area (Å²) in [6, 6.07) is 3.26. The Morgan fingerprint density at radius 1 is 1.06 bits per heavy atom. The van der Waals surface area contributed by atoms with Gasteiger partial charge >= 0.3 is 0 Å². The maximum Gasteiger partial charge on any atom is 0.0302 e. The Morgan fingerprint density at radius 3 is 2.71 bits per heavy atom. The first-order valence-electron chi connectivity index (χ1n) is 7.25. The van der Waals surface area contributed by atoms with E-state index in [-0.39, 0.29) is 0 Å². The largest absolute Gasteiger partial charge is 0.309 e. The van der Waals surface area contributed by atoms with Crippen molar-refractivity contribution < 1.29 is 0 Å². The predicted octanol–water partition coefficient (Wildman–Crippen LogP) is 4.05. The second-order valence-corrected chi connectivity index (χ2v) is 6.81. The van der Waals surface area contributed by atoms with Gasteiger partial charge in [-0.05, 0) is 50.2 Å². The molecule has 2 aliphatic rings. The van der Waals surface area contributed by atoms with Crippen LogP contribution >= 0.6 is 11.3 Å². The van der Waals surface area contributed by atoms with Crippen molar-refractivity contribution in [2.24, 2.45) is 0 Å². The van der Waals surface area contributed by atoms with E-state index in [9.17, 15) is 0 Å². The van der Waals surface area contributed by atoms with E-state index in [1.54, 1.807) is 15.3 Å². The number of thiophene rings is 1. The van der Waals surface area contributed by atoms with E-state index in [0.717, 1.165) is 12.6 Å². The third-order valence-electron chi connectivity index (χ3n) is 4.22. The van der Waals surface area contributed by atoms with Crippen molar-refractivity contribution in [2.75, 3.05) is 0 Å². The molecule has 0 unspecified atom stereocenters. The minimum absolute atomic E-state index is 0.794. The Morgan fingerprint density at radius 2 is 1.88 bits per heavy atom. The fraction of sp³-hybridized carbons (Fsp3) is 0.733. The highest BCUT2D eigenvalue weighted by Gasteiger charge is 2.15. The molecule has 0 aromatic carbocycles. The van der Waals surface area contributed by atoms with Crippen molar-refractivity contribution >= 4 is 11.3 Å². The summed E-state index contributed by atoms with van der Waals surface area (Å²) >= 11 is 2.06. The summed E-state index contributed by atoms with van der Waals surface area (Å²) in [5, 5.41) is 3.76. The number of nitrogens with one attached hydrogen (secondary N) is 1. The van der Waals surface area contributed by atoms with Crippen LogP contribution < -0.4 is 5.32 Å². The molecule has 1 nitrogen and oxygen atoms in total. The Bertz CT molecular complexity index is 339. The van der Waals surface area contributed by atoms with Crippen molar-refractivity contribution in [3.05, 3.63) is 21.4 Å². The number of aryl methyl sites for hydroxylation is 2. The molecule has 1 heterocycles. The van der Waals surface area contributed by atoms with Crippen molar-refractivity contribution in [3.63, 3.8) is 0 Å². The molecule has 1 saturated carbocycles. The van der Waals surface area contributed by atoms with Gasteiger partial charge in [0.05, 0.1) is 0 Å². The molecule has 3 rings (SSSR count). The van der Waals surface area contributed by atoms with Gasteiger partial charge in [-0.15, -0.1) is 11.3 Å². The average Bonchev–Trinajstić information content (AvgIpc) is 2.80. The maximum atomic E-state index is 3.76. The minimum Gasteiger partial charge on any atom is -0.309 e. The van der Waals surface area contributed by atoms with Gasteiger partial charge in [0.15, 0.2) is 0 Å². The lowest BCUT2D eigenvalue weighted by molar-refractivity contribution is 0.373. The van der Waals surface area contributed by atoms with Crippen molar-refractivity contribution in [1.82, 2.24) is 5.32 Å². The smallest absolute Gasteiger partial charge is 0.0302 e. The van der Waals surface area contributed by atoms with Crippen molar-refractivity contribution in [2.45, 2.75) is 70.4 Å². The van der Waals surface area contributed by atoms with Gasteiger partial charge in [0, 0.05) is 22.3 Å². The van der Waals surface area contributed by atoms with Crippen molar-refractivity contribution in [1.29, 1.82) is 0 Å². The van der Waals surface area contributed by atoms with Crippen LogP contribution in [0.4, 0.5) is 0 Å². The first-order valence-corrected chi connectivity index (χ1v) is 8.07. The molecule has 1 aromatic heterocycles. The first-order chi connectivity index (χ1) is 8.42. The van der Waals surface area contributed by atoms with Gasteiger partial charge in [-0.1, -0.05) is 19.3 Å². The van der Waals surface area contributed by atoms with Crippen LogP contribution in [0.15, 0.2) is 6.07 Å². The fourth-order valence-electron chi connectivity index (χ4n) is 3.19. The monoisotopic (exact) mass is 249 g/mol. The van der Waals surface area contributed by atoms with Crippen molar-refractivity contribution in [3.8, 4) is 0 Å². The topological polar surface area (TPSA) is 12.0 Å². The zero-order valence-electron chi connectivity index (χ0n) is 10.6. The van der Waals surface area contributed by atoms with Gasteiger partial charge in [-0.3, -0.25) is 0 Å². The summed E-state index contributed by atoms with van der Waals surface area (Å²) in [6.07, 6.45) is 12.6. The Labute approximate surface area is 109 Å². The van der Waals surface area contributed by atoms with E-state index in [2.05, 4.69) is 22.7 Å². The molecule has 0 radical (unpaired) electrons. The molecular weight excluding hydrogens is 226 g/mol. The molecule has 1 fully saturated rings. The maximum absolute atomic E-state index is 3.76.